The predicted octanol–water partition coefficient (Wildman–Crippen LogP) is 1.76. The Morgan fingerprint density at radius 3 is 2.12 bits per heavy atom. The average Bonchev–Trinajstić information content (AvgIpc) is 2.24. The lowest BCUT2D eigenvalue weighted by Crippen LogP contribution is -2.42. The zero-order chi connectivity index (χ0) is 13.5. The first kappa shape index (κ1) is 13.4. The Balaban J connectivity index is 3.47. The van der Waals surface area contributed by atoms with E-state index in [0.29, 0.717) is 0 Å². The lowest BCUT2D eigenvalue weighted by molar-refractivity contribution is -0.136. The summed E-state index contributed by atoms with van der Waals surface area (Å²) in [5.41, 5.74) is -1.79. The molecule has 0 saturated heterocycles. The van der Waals surface area contributed by atoms with Crippen molar-refractivity contribution < 1.29 is 19.5 Å². The molecule has 0 aromatic heterocycles. The molecule has 92 valence electrons. The molecule has 4 heteroatoms. The molecule has 0 aliphatic heterocycles. The molecule has 1 aliphatic carbocycles. The van der Waals surface area contributed by atoms with Crippen molar-refractivity contribution in [3.63, 3.8) is 0 Å². The van der Waals surface area contributed by atoms with Gasteiger partial charge in [-0.1, -0.05) is 20.4 Å². The third-order valence-corrected chi connectivity index (χ3v) is 2.93. The van der Waals surface area contributed by atoms with Gasteiger partial charge in [0.15, 0.2) is 17.3 Å². The first-order valence-electron chi connectivity index (χ1n) is 5.38. The van der Waals surface area contributed by atoms with Crippen molar-refractivity contribution >= 4 is 17.3 Å². The fourth-order valence-electron chi connectivity index (χ4n) is 1.68. The topological polar surface area (TPSA) is 71.4 Å². The Kier molecular flexibility index (Phi) is 3.10. The van der Waals surface area contributed by atoms with Crippen LogP contribution in [0.25, 0.3) is 0 Å². The Bertz CT molecular complexity index is 464. The molecule has 0 saturated carbocycles. The van der Waals surface area contributed by atoms with Crippen LogP contribution in [0.4, 0.5) is 0 Å². The van der Waals surface area contributed by atoms with Gasteiger partial charge in [-0.15, -0.1) is 0 Å². The van der Waals surface area contributed by atoms with Crippen LogP contribution in [0.1, 0.15) is 27.7 Å². The molecule has 0 unspecified atom stereocenters. The van der Waals surface area contributed by atoms with Gasteiger partial charge >= 0.3 is 0 Å². The van der Waals surface area contributed by atoms with Gasteiger partial charge in [-0.2, -0.15) is 0 Å². The number of aliphatic hydroxyl groups is 1. The van der Waals surface area contributed by atoms with E-state index in [2.05, 4.69) is 6.58 Å². The molecule has 0 aromatic carbocycles. The van der Waals surface area contributed by atoms with Crippen LogP contribution in [0.5, 0.6) is 0 Å². The van der Waals surface area contributed by atoms with Gasteiger partial charge < -0.3 is 5.11 Å². The molecule has 0 aromatic rings. The summed E-state index contributed by atoms with van der Waals surface area (Å²) in [4.78, 5) is 35.7. The van der Waals surface area contributed by atoms with Gasteiger partial charge in [0, 0.05) is 5.92 Å². The number of rotatable bonds is 2. The van der Waals surface area contributed by atoms with Crippen LogP contribution in [-0.4, -0.2) is 22.5 Å². The minimum atomic E-state index is -1.33. The van der Waals surface area contributed by atoms with Gasteiger partial charge in [-0.25, -0.2) is 0 Å². The summed E-state index contributed by atoms with van der Waals surface area (Å²) in [5, 5.41) is 9.75. The molecular formula is C13H16O4. The summed E-state index contributed by atoms with van der Waals surface area (Å²) in [6, 6.07) is 0. The summed E-state index contributed by atoms with van der Waals surface area (Å²) in [6.07, 6.45) is 0. The highest BCUT2D eigenvalue weighted by atomic mass is 16.3. The quantitative estimate of drug-likeness (QED) is 0.450. The van der Waals surface area contributed by atoms with E-state index >= 15 is 0 Å². The van der Waals surface area contributed by atoms with Crippen molar-refractivity contribution in [1.29, 1.82) is 0 Å². The second kappa shape index (κ2) is 3.95. The van der Waals surface area contributed by atoms with Crippen LogP contribution in [0.3, 0.4) is 0 Å². The first-order valence-corrected chi connectivity index (χ1v) is 5.38. The monoisotopic (exact) mass is 236 g/mol. The number of hydrogen-bond acceptors (Lipinski definition) is 4. The molecule has 17 heavy (non-hydrogen) atoms. The normalized spacial score (nSPS) is 20.2. The fraction of sp³-hybridized carbons (Fsp3) is 0.462. The van der Waals surface area contributed by atoms with Crippen molar-refractivity contribution in [2.24, 2.45) is 11.3 Å². The molecule has 0 spiro atoms. The number of hydrogen-bond donors (Lipinski definition) is 1. The zero-order valence-corrected chi connectivity index (χ0v) is 10.5. The smallest absolute Gasteiger partial charge is 0.183 e. The molecule has 0 atom stereocenters. The van der Waals surface area contributed by atoms with Gasteiger partial charge in [0.05, 0.1) is 11.0 Å². The highest BCUT2D eigenvalue weighted by Crippen LogP contribution is 2.35. The van der Waals surface area contributed by atoms with Crippen molar-refractivity contribution in [1.82, 2.24) is 0 Å². The van der Waals surface area contributed by atoms with Gasteiger partial charge in [-0.3, -0.25) is 14.4 Å². The Hall–Kier alpha value is -1.71. The predicted molar refractivity (Wildman–Crippen MR) is 62.4 cm³/mol. The molecule has 0 bridgehead atoms. The van der Waals surface area contributed by atoms with E-state index in [1.165, 1.54) is 13.8 Å². The van der Waals surface area contributed by atoms with E-state index in [4.69, 9.17) is 0 Å². The van der Waals surface area contributed by atoms with Gasteiger partial charge in [0.25, 0.3) is 0 Å². The van der Waals surface area contributed by atoms with Crippen LogP contribution in [0.15, 0.2) is 23.5 Å². The SMILES string of the molecule is C=C1C(=O)C(C)(C)C(=O)C(C(=O)C(C)C)=C1O. The van der Waals surface area contributed by atoms with Crippen molar-refractivity contribution in [2.45, 2.75) is 27.7 Å². The van der Waals surface area contributed by atoms with Crippen molar-refractivity contribution in [3.8, 4) is 0 Å². The van der Waals surface area contributed by atoms with Crippen LogP contribution < -0.4 is 0 Å². The Labute approximate surface area is 100 Å². The Morgan fingerprint density at radius 2 is 1.71 bits per heavy atom. The molecule has 1 N–H and O–H groups in total. The second-order valence-electron chi connectivity index (χ2n) is 5.00. The van der Waals surface area contributed by atoms with Crippen LogP contribution in [0.2, 0.25) is 0 Å². The molecule has 4 nitrogen and oxygen atoms in total. The lowest BCUT2D eigenvalue weighted by atomic mass is 9.70. The molecule has 0 fully saturated rings. The maximum Gasteiger partial charge on any atom is 0.183 e. The number of carbonyl (C=O) groups is 3. The number of ketones is 3. The summed E-state index contributed by atoms with van der Waals surface area (Å²) in [6.45, 7) is 9.56. The zero-order valence-electron chi connectivity index (χ0n) is 10.5. The molecule has 0 radical (unpaired) electrons. The van der Waals surface area contributed by atoms with E-state index in [1.54, 1.807) is 13.8 Å². The van der Waals surface area contributed by atoms with E-state index in [-0.39, 0.29) is 11.1 Å². The maximum absolute atomic E-state index is 12.1. The van der Waals surface area contributed by atoms with E-state index in [0.717, 1.165) is 0 Å². The first-order chi connectivity index (χ1) is 7.62. The molecular weight excluding hydrogens is 220 g/mol. The average molecular weight is 236 g/mol. The Morgan fingerprint density at radius 1 is 1.24 bits per heavy atom. The summed E-state index contributed by atoms with van der Waals surface area (Å²) < 4.78 is 0. The van der Waals surface area contributed by atoms with Crippen molar-refractivity contribution in [2.75, 3.05) is 0 Å². The minimum absolute atomic E-state index is 0.168. The maximum atomic E-state index is 12.1. The molecule has 1 aliphatic rings. The van der Waals surface area contributed by atoms with Gasteiger partial charge in [0.2, 0.25) is 0 Å². The second-order valence-corrected chi connectivity index (χ2v) is 5.00. The summed E-state index contributed by atoms with van der Waals surface area (Å²) in [5.74, 6) is -2.63. The number of allylic oxidation sites excluding steroid dienone is 2. The number of carbonyl (C=O) groups excluding carboxylic acids is 3. The van der Waals surface area contributed by atoms with Crippen LogP contribution in [-0.2, 0) is 14.4 Å². The standard InChI is InChI=1S/C13H16O4/c1-6(2)9(14)8-10(15)7(3)11(16)13(4,5)12(8)17/h6,15H,3H2,1-2,4-5H3. The summed E-state index contributed by atoms with van der Waals surface area (Å²) >= 11 is 0. The summed E-state index contributed by atoms with van der Waals surface area (Å²) in [7, 11) is 0. The molecule has 0 amide bonds. The molecule has 0 heterocycles. The molecule has 1 rings (SSSR count). The van der Waals surface area contributed by atoms with Crippen LogP contribution in [0, 0.1) is 11.3 Å². The van der Waals surface area contributed by atoms with E-state index in [1.807, 2.05) is 0 Å². The third-order valence-electron chi connectivity index (χ3n) is 2.93. The fourth-order valence-corrected chi connectivity index (χ4v) is 1.68. The van der Waals surface area contributed by atoms with Crippen LogP contribution >= 0.6 is 0 Å². The van der Waals surface area contributed by atoms with Gasteiger partial charge in [-0.05, 0) is 13.8 Å². The highest BCUT2D eigenvalue weighted by Gasteiger charge is 2.47. The van der Waals surface area contributed by atoms with E-state index in [9.17, 15) is 19.5 Å². The van der Waals surface area contributed by atoms with Crippen molar-refractivity contribution in [3.05, 3.63) is 23.5 Å². The van der Waals surface area contributed by atoms with Gasteiger partial charge in [0.1, 0.15) is 11.3 Å². The number of aliphatic hydroxyl groups excluding tert-OH is 1. The van der Waals surface area contributed by atoms with E-state index < -0.39 is 34.4 Å². The number of Topliss-reactive ketones (excluding diaryl/α,β-unsaturated/α-hetero) is 3. The largest absolute Gasteiger partial charge is 0.506 e. The third kappa shape index (κ3) is 1.84. The highest BCUT2D eigenvalue weighted by molar-refractivity contribution is 6.33. The minimum Gasteiger partial charge on any atom is -0.506 e. The lowest BCUT2D eigenvalue weighted by Gasteiger charge is -2.29.